The number of hydrazone groups is 1. The van der Waals surface area contributed by atoms with Crippen LogP contribution in [0.5, 0.6) is 5.75 Å². The number of ether oxygens (including phenoxy) is 1. The summed E-state index contributed by atoms with van der Waals surface area (Å²) >= 11 is 6.07. The highest BCUT2D eigenvalue weighted by molar-refractivity contribution is 6.49. The van der Waals surface area contributed by atoms with Crippen molar-refractivity contribution < 1.29 is 19.1 Å². The topological polar surface area (TPSA) is 79.3 Å². The van der Waals surface area contributed by atoms with Crippen molar-refractivity contribution in [2.45, 2.75) is 13.0 Å². The van der Waals surface area contributed by atoms with Crippen LogP contribution in [0.25, 0.3) is 0 Å². The SMILES string of the molecule is COc1ccccc1N1C(=O)C2C(C(C)=O)=NN(c3cccc(Cl)c3)C2C1=O. The fraction of sp³-hybridized carbons (Fsp3) is 0.200. The van der Waals surface area contributed by atoms with Gasteiger partial charge in [-0.1, -0.05) is 29.8 Å². The van der Waals surface area contributed by atoms with Crippen LogP contribution in [0.15, 0.2) is 53.6 Å². The van der Waals surface area contributed by atoms with Gasteiger partial charge in [0.05, 0.1) is 18.5 Å². The number of para-hydroxylation sites is 2. The van der Waals surface area contributed by atoms with Crippen molar-refractivity contribution in [1.82, 2.24) is 0 Å². The first-order valence-electron chi connectivity index (χ1n) is 8.59. The number of benzene rings is 2. The molecule has 0 saturated carbocycles. The predicted molar refractivity (Wildman–Crippen MR) is 105 cm³/mol. The van der Waals surface area contributed by atoms with Gasteiger partial charge in [-0.3, -0.25) is 19.4 Å². The summed E-state index contributed by atoms with van der Waals surface area (Å²) in [6.07, 6.45) is 0. The molecule has 0 aliphatic carbocycles. The van der Waals surface area contributed by atoms with Crippen molar-refractivity contribution in [2.24, 2.45) is 11.0 Å². The minimum atomic E-state index is -0.978. The van der Waals surface area contributed by atoms with Crippen LogP contribution < -0.4 is 14.6 Å². The highest BCUT2D eigenvalue weighted by atomic mass is 35.5. The van der Waals surface area contributed by atoms with Gasteiger partial charge in [0.25, 0.3) is 5.91 Å². The number of fused-ring (bicyclic) bond motifs is 1. The molecule has 2 unspecified atom stereocenters. The summed E-state index contributed by atoms with van der Waals surface area (Å²) in [5.41, 5.74) is 0.922. The molecule has 2 amide bonds. The summed E-state index contributed by atoms with van der Waals surface area (Å²) in [7, 11) is 1.46. The Morgan fingerprint density at radius 1 is 1.11 bits per heavy atom. The van der Waals surface area contributed by atoms with Crippen molar-refractivity contribution in [1.29, 1.82) is 0 Å². The highest BCUT2D eigenvalue weighted by Gasteiger charge is 2.58. The largest absolute Gasteiger partial charge is 0.495 e. The molecule has 4 rings (SSSR count). The first-order valence-corrected chi connectivity index (χ1v) is 8.97. The fourth-order valence-electron chi connectivity index (χ4n) is 3.59. The molecular formula is C20H16ClN3O4. The van der Waals surface area contributed by atoms with Gasteiger partial charge in [-0.2, -0.15) is 5.10 Å². The van der Waals surface area contributed by atoms with Gasteiger partial charge in [-0.15, -0.1) is 0 Å². The van der Waals surface area contributed by atoms with Gasteiger partial charge < -0.3 is 4.74 Å². The number of rotatable bonds is 4. The van der Waals surface area contributed by atoms with E-state index >= 15 is 0 Å². The highest BCUT2D eigenvalue weighted by Crippen LogP contribution is 2.40. The molecule has 28 heavy (non-hydrogen) atoms. The molecule has 1 fully saturated rings. The molecule has 0 radical (unpaired) electrons. The maximum absolute atomic E-state index is 13.3. The Labute approximate surface area is 166 Å². The molecule has 2 aliphatic rings. The van der Waals surface area contributed by atoms with Crippen LogP contribution in [-0.2, 0) is 14.4 Å². The number of Topliss-reactive ketones (excluding diaryl/α,β-unsaturated/α-hetero) is 1. The number of anilines is 2. The first kappa shape index (κ1) is 18.2. The second-order valence-electron chi connectivity index (χ2n) is 6.47. The number of nitrogens with zero attached hydrogens (tertiary/aromatic N) is 3. The Hall–Kier alpha value is -3.19. The van der Waals surface area contributed by atoms with E-state index in [4.69, 9.17) is 16.3 Å². The quantitative estimate of drug-likeness (QED) is 0.741. The number of carbonyl (C=O) groups is 3. The monoisotopic (exact) mass is 397 g/mol. The number of carbonyl (C=O) groups excluding carboxylic acids is 3. The van der Waals surface area contributed by atoms with E-state index in [-0.39, 0.29) is 11.5 Å². The van der Waals surface area contributed by atoms with Crippen LogP contribution in [0.2, 0.25) is 5.02 Å². The summed E-state index contributed by atoms with van der Waals surface area (Å²) in [5.74, 6) is -1.92. The van der Waals surface area contributed by atoms with E-state index in [0.29, 0.717) is 22.1 Å². The van der Waals surface area contributed by atoms with Crippen molar-refractivity contribution >= 4 is 46.3 Å². The van der Waals surface area contributed by atoms with Gasteiger partial charge >= 0.3 is 0 Å². The molecule has 0 bridgehead atoms. The number of hydrogen-bond donors (Lipinski definition) is 0. The third-order valence-corrected chi connectivity index (χ3v) is 5.04. The molecule has 2 aromatic rings. The molecule has 2 aliphatic heterocycles. The lowest BCUT2D eigenvalue weighted by Crippen LogP contribution is -2.39. The molecule has 0 aromatic heterocycles. The minimum Gasteiger partial charge on any atom is -0.495 e. The van der Waals surface area contributed by atoms with E-state index in [2.05, 4.69) is 5.10 Å². The van der Waals surface area contributed by atoms with E-state index in [1.165, 1.54) is 19.0 Å². The number of methoxy groups -OCH3 is 1. The van der Waals surface area contributed by atoms with E-state index < -0.39 is 23.8 Å². The van der Waals surface area contributed by atoms with Crippen molar-refractivity contribution in [3.8, 4) is 5.75 Å². The fourth-order valence-corrected chi connectivity index (χ4v) is 3.77. The molecule has 7 nitrogen and oxygen atoms in total. The van der Waals surface area contributed by atoms with Gasteiger partial charge in [0.2, 0.25) is 5.91 Å². The third kappa shape index (κ3) is 2.66. The molecular weight excluding hydrogens is 382 g/mol. The normalized spacial score (nSPS) is 21.0. The van der Waals surface area contributed by atoms with Crippen LogP contribution in [0.1, 0.15) is 6.92 Å². The Kier molecular flexibility index (Phi) is 4.39. The van der Waals surface area contributed by atoms with E-state index in [0.717, 1.165) is 4.90 Å². The summed E-state index contributed by atoms with van der Waals surface area (Å²) in [6.45, 7) is 1.33. The summed E-state index contributed by atoms with van der Waals surface area (Å²) in [6, 6.07) is 12.6. The third-order valence-electron chi connectivity index (χ3n) is 4.81. The molecule has 1 saturated heterocycles. The van der Waals surface area contributed by atoms with Crippen LogP contribution in [-0.4, -0.2) is 36.5 Å². The van der Waals surface area contributed by atoms with Crippen LogP contribution in [0.3, 0.4) is 0 Å². The summed E-state index contributed by atoms with van der Waals surface area (Å²) < 4.78 is 5.30. The molecule has 0 spiro atoms. The Morgan fingerprint density at radius 3 is 2.54 bits per heavy atom. The van der Waals surface area contributed by atoms with Crippen molar-refractivity contribution in [3.05, 3.63) is 53.6 Å². The number of ketones is 1. The number of imide groups is 1. The standard InChI is InChI=1S/C20H16ClN3O4/c1-11(25)17-16-18(24(22-17)13-7-5-6-12(21)10-13)20(27)23(19(16)26)14-8-3-4-9-15(14)28-2/h3-10,16,18H,1-2H3. The Bertz CT molecular complexity index is 1040. The second-order valence-corrected chi connectivity index (χ2v) is 6.91. The maximum Gasteiger partial charge on any atom is 0.260 e. The minimum absolute atomic E-state index is 0.0562. The summed E-state index contributed by atoms with van der Waals surface area (Å²) in [4.78, 5) is 39.7. The predicted octanol–water partition coefficient (Wildman–Crippen LogP) is 2.67. The van der Waals surface area contributed by atoms with Gasteiger partial charge in [0.1, 0.15) is 23.4 Å². The smallest absolute Gasteiger partial charge is 0.260 e. The molecule has 142 valence electrons. The molecule has 2 heterocycles. The van der Waals surface area contributed by atoms with Crippen LogP contribution >= 0.6 is 11.6 Å². The Balaban J connectivity index is 1.83. The van der Waals surface area contributed by atoms with Crippen LogP contribution in [0, 0.1) is 5.92 Å². The van der Waals surface area contributed by atoms with E-state index in [9.17, 15) is 14.4 Å². The number of hydrogen-bond acceptors (Lipinski definition) is 6. The van der Waals surface area contributed by atoms with Crippen molar-refractivity contribution in [3.63, 3.8) is 0 Å². The lowest BCUT2D eigenvalue weighted by atomic mass is 9.95. The zero-order chi connectivity index (χ0) is 20.0. The second kappa shape index (κ2) is 6.76. The van der Waals surface area contributed by atoms with Gasteiger partial charge in [0.15, 0.2) is 5.78 Å². The zero-order valence-electron chi connectivity index (χ0n) is 15.1. The van der Waals surface area contributed by atoms with Gasteiger partial charge in [0, 0.05) is 11.9 Å². The number of amides is 2. The lowest BCUT2D eigenvalue weighted by Gasteiger charge is -2.23. The number of halogens is 1. The van der Waals surface area contributed by atoms with Crippen molar-refractivity contribution in [2.75, 3.05) is 17.0 Å². The van der Waals surface area contributed by atoms with Gasteiger partial charge in [-0.25, -0.2) is 4.90 Å². The average Bonchev–Trinajstić information content (AvgIpc) is 3.19. The zero-order valence-corrected chi connectivity index (χ0v) is 15.9. The maximum atomic E-state index is 13.3. The van der Waals surface area contributed by atoms with Gasteiger partial charge in [-0.05, 0) is 30.3 Å². The molecule has 0 N–H and O–H groups in total. The average molecular weight is 398 g/mol. The molecule has 2 aromatic carbocycles. The first-order chi connectivity index (χ1) is 13.4. The van der Waals surface area contributed by atoms with E-state index in [1.807, 2.05) is 0 Å². The van der Waals surface area contributed by atoms with E-state index in [1.54, 1.807) is 48.5 Å². The molecule has 8 heteroatoms. The summed E-state index contributed by atoms with van der Waals surface area (Å²) in [5, 5.41) is 6.16. The lowest BCUT2D eigenvalue weighted by molar-refractivity contribution is -0.122. The molecule has 2 atom stereocenters. The van der Waals surface area contributed by atoms with Crippen LogP contribution in [0.4, 0.5) is 11.4 Å². The Morgan fingerprint density at radius 2 is 1.86 bits per heavy atom.